The predicted octanol–water partition coefficient (Wildman–Crippen LogP) is 2.10. The quantitative estimate of drug-likeness (QED) is 0.776. The Kier molecular flexibility index (Phi) is 4.99. The molecule has 0 spiro atoms. The highest BCUT2D eigenvalue weighted by molar-refractivity contribution is 5.78. The zero-order valence-corrected chi connectivity index (χ0v) is 9.72. The van der Waals surface area contributed by atoms with Gasteiger partial charge in [-0.3, -0.25) is 4.79 Å². The van der Waals surface area contributed by atoms with E-state index in [0.717, 1.165) is 12.0 Å². The molecule has 1 N–H and O–H groups in total. The monoisotopic (exact) mass is 222 g/mol. The van der Waals surface area contributed by atoms with Crippen LogP contribution in [0.3, 0.4) is 0 Å². The minimum absolute atomic E-state index is 0.358. The summed E-state index contributed by atoms with van der Waals surface area (Å²) in [6, 6.07) is 9.21. The highest BCUT2D eigenvalue weighted by Crippen LogP contribution is 2.21. The van der Waals surface area contributed by atoms with Crippen LogP contribution in [-0.2, 0) is 9.53 Å². The maximum absolute atomic E-state index is 11.8. The minimum Gasteiger partial charge on any atom is -0.465 e. The zero-order valence-electron chi connectivity index (χ0n) is 9.72. The molecule has 2 unspecified atom stereocenters. The summed E-state index contributed by atoms with van der Waals surface area (Å²) < 4.78 is 5.07. The molecule has 0 heterocycles. The molecule has 0 fully saturated rings. The number of hydrogen-bond donors (Lipinski definition) is 1. The second-order valence-electron chi connectivity index (χ2n) is 3.80. The first kappa shape index (κ1) is 12.7. The van der Waals surface area contributed by atoms with Crippen molar-refractivity contribution in [2.24, 2.45) is 0 Å². The maximum Gasteiger partial charge on any atom is 0.316 e. The summed E-state index contributed by atoms with van der Waals surface area (Å²) in [4.78, 5) is 11.8. The van der Waals surface area contributed by atoms with Gasteiger partial charge in [-0.2, -0.15) is 0 Å². The lowest BCUT2D eigenvalue weighted by atomic mass is 9.94. The Bertz CT molecular complexity index is 319. The van der Waals surface area contributed by atoms with Crippen LogP contribution in [0.1, 0.15) is 31.7 Å². The van der Waals surface area contributed by atoms with Crippen LogP contribution in [0.25, 0.3) is 0 Å². The lowest BCUT2D eigenvalue weighted by Crippen LogP contribution is -2.26. The molecule has 0 aliphatic rings. The molecule has 88 valence electrons. The molecule has 3 heteroatoms. The van der Waals surface area contributed by atoms with Gasteiger partial charge in [0.05, 0.1) is 12.7 Å². The number of rotatable bonds is 5. The van der Waals surface area contributed by atoms with Gasteiger partial charge in [-0.05, 0) is 18.9 Å². The minimum atomic E-state index is -0.744. The van der Waals surface area contributed by atoms with Crippen LogP contribution in [-0.4, -0.2) is 23.8 Å². The van der Waals surface area contributed by atoms with Crippen molar-refractivity contribution in [2.45, 2.75) is 32.3 Å². The van der Waals surface area contributed by atoms with Crippen molar-refractivity contribution < 1.29 is 14.6 Å². The molecule has 0 aliphatic heterocycles. The van der Waals surface area contributed by atoms with Crippen LogP contribution in [0, 0.1) is 0 Å². The Morgan fingerprint density at radius 3 is 2.50 bits per heavy atom. The Morgan fingerprint density at radius 1 is 1.38 bits per heavy atom. The molecule has 3 nitrogen and oxygen atoms in total. The average Bonchev–Trinajstić information content (AvgIpc) is 2.27. The summed E-state index contributed by atoms with van der Waals surface area (Å²) in [7, 11) is 0. The molecule has 0 aliphatic carbocycles. The number of hydrogen-bond acceptors (Lipinski definition) is 3. The summed E-state index contributed by atoms with van der Waals surface area (Å²) in [5, 5.41) is 9.63. The van der Waals surface area contributed by atoms with E-state index in [1.165, 1.54) is 0 Å². The van der Waals surface area contributed by atoms with Crippen molar-refractivity contribution in [1.82, 2.24) is 0 Å². The van der Waals surface area contributed by atoms with Crippen molar-refractivity contribution in [2.75, 3.05) is 6.61 Å². The maximum atomic E-state index is 11.8. The van der Waals surface area contributed by atoms with Gasteiger partial charge < -0.3 is 9.84 Å². The zero-order chi connectivity index (χ0) is 12.0. The number of carbonyl (C=O) groups is 1. The van der Waals surface area contributed by atoms with Gasteiger partial charge in [0.15, 0.2) is 0 Å². The molecule has 1 aromatic rings. The van der Waals surface area contributed by atoms with Crippen LogP contribution < -0.4 is 0 Å². The first-order valence-corrected chi connectivity index (χ1v) is 5.56. The smallest absolute Gasteiger partial charge is 0.316 e. The lowest BCUT2D eigenvalue weighted by molar-refractivity contribution is -0.148. The van der Waals surface area contributed by atoms with Gasteiger partial charge in [-0.15, -0.1) is 0 Å². The van der Waals surface area contributed by atoms with Crippen molar-refractivity contribution in [1.29, 1.82) is 0 Å². The van der Waals surface area contributed by atoms with Crippen molar-refractivity contribution in [3.63, 3.8) is 0 Å². The van der Waals surface area contributed by atoms with Crippen molar-refractivity contribution in [3.05, 3.63) is 35.9 Å². The molecule has 0 amide bonds. The molecule has 2 atom stereocenters. The molecule has 0 saturated heterocycles. The summed E-state index contributed by atoms with van der Waals surface area (Å²) in [6.07, 6.45) is 0.0410. The van der Waals surface area contributed by atoms with E-state index in [9.17, 15) is 9.90 Å². The molecule has 16 heavy (non-hydrogen) atoms. The van der Waals surface area contributed by atoms with Crippen LogP contribution in [0.4, 0.5) is 0 Å². The molecular formula is C13H18O3. The molecule has 1 aromatic carbocycles. The van der Waals surface area contributed by atoms with Gasteiger partial charge in [-0.1, -0.05) is 37.3 Å². The first-order valence-electron chi connectivity index (χ1n) is 5.56. The fourth-order valence-corrected chi connectivity index (χ4v) is 1.56. The van der Waals surface area contributed by atoms with Gasteiger partial charge in [0.1, 0.15) is 5.92 Å². The standard InChI is InChI=1S/C13H18O3/c1-3-9-16-13(15)12(10(2)14)11-7-5-4-6-8-11/h4-8,10,12,14H,3,9H2,1-2H3. The molecule has 0 bridgehead atoms. The summed E-state index contributed by atoms with van der Waals surface area (Å²) in [6.45, 7) is 3.94. The highest BCUT2D eigenvalue weighted by Gasteiger charge is 2.26. The Balaban J connectivity index is 2.79. The fourth-order valence-electron chi connectivity index (χ4n) is 1.56. The number of aliphatic hydroxyl groups is 1. The lowest BCUT2D eigenvalue weighted by Gasteiger charge is -2.18. The molecular weight excluding hydrogens is 204 g/mol. The summed E-state index contributed by atoms with van der Waals surface area (Å²) in [5.41, 5.74) is 0.790. The summed E-state index contributed by atoms with van der Waals surface area (Å²) >= 11 is 0. The highest BCUT2D eigenvalue weighted by atomic mass is 16.5. The third-order valence-electron chi connectivity index (χ3n) is 2.34. The molecule has 0 aromatic heterocycles. The predicted molar refractivity (Wildman–Crippen MR) is 62.1 cm³/mol. The van der Waals surface area contributed by atoms with E-state index in [2.05, 4.69) is 0 Å². The van der Waals surface area contributed by atoms with Crippen LogP contribution in [0.5, 0.6) is 0 Å². The van der Waals surface area contributed by atoms with E-state index in [1.807, 2.05) is 37.3 Å². The normalized spacial score (nSPS) is 14.2. The molecule has 0 saturated carbocycles. The van der Waals surface area contributed by atoms with Gasteiger partial charge in [0.2, 0.25) is 0 Å². The number of esters is 1. The van der Waals surface area contributed by atoms with E-state index in [-0.39, 0.29) is 5.97 Å². The Morgan fingerprint density at radius 2 is 2.00 bits per heavy atom. The van der Waals surface area contributed by atoms with E-state index in [1.54, 1.807) is 6.92 Å². The second kappa shape index (κ2) is 6.28. The topological polar surface area (TPSA) is 46.5 Å². The Labute approximate surface area is 96.1 Å². The van der Waals surface area contributed by atoms with E-state index >= 15 is 0 Å². The van der Waals surface area contributed by atoms with Crippen LogP contribution in [0.2, 0.25) is 0 Å². The number of aliphatic hydroxyl groups excluding tert-OH is 1. The number of carbonyl (C=O) groups excluding carboxylic acids is 1. The van der Waals surface area contributed by atoms with Crippen molar-refractivity contribution >= 4 is 5.97 Å². The number of benzene rings is 1. The first-order chi connectivity index (χ1) is 7.66. The van der Waals surface area contributed by atoms with E-state index < -0.39 is 12.0 Å². The van der Waals surface area contributed by atoms with Gasteiger partial charge in [0, 0.05) is 0 Å². The largest absolute Gasteiger partial charge is 0.465 e. The SMILES string of the molecule is CCCOC(=O)C(c1ccccc1)C(C)O. The average molecular weight is 222 g/mol. The fraction of sp³-hybridized carbons (Fsp3) is 0.462. The van der Waals surface area contributed by atoms with Gasteiger partial charge in [0.25, 0.3) is 0 Å². The van der Waals surface area contributed by atoms with E-state index in [0.29, 0.717) is 6.61 Å². The molecule has 1 rings (SSSR count). The van der Waals surface area contributed by atoms with Crippen LogP contribution >= 0.6 is 0 Å². The third kappa shape index (κ3) is 3.35. The second-order valence-corrected chi connectivity index (χ2v) is 3.80. The van der Waals surface area contributed by atoms with Crippen molar-refractivity contribution in [3.8, 4) is 0 Å². The van der Waals surface area contributed by atoms with Crippen LogP contribution in [0.15, 0.2) is 30.3 Å². The summed E-state index contributed by atoms with van der Waals surface area (Å²) in [5.74, 6) is -0.948. The molecule has 0 radical (unpaired) electrons. The number of ether oxygens (including phenoxy) is 1. The van der Waals surface area contributed by atoms with E-state index in [4.69, 9.17) is 4.74 Å². The third-order valence-corrected chi connectivity index (χ3v) is 2.34. The van der Waals surface area contributed by atoms with Gasteiger partial charge in [-0.25, -0.2) is 0 Å². The van der Waals surface area contributed by atoms with Gasteiger partial charge >= 0.3 is 5.97 Å². The Hall–Kier alpha value is -1.35.